The van der Waals surface area contributed by atoms with Crippen LogP contribution in [0.2, 0.25) is 0 Å². The van der Waals surface area contributed by atoms with Gasteiger partial charge in [0.1, 0.15) is 5.75 Å². The number of rotatable bonds is 4. The molecule has 1 aromatic heterocycles. The highest BCUT2D eigenvalue weighted by Crippen LogP contribution is 2.28. The Bertz CT molecular complexity index is 768. The van der Waals surface area contributed by atoms with E-state index in [2.05, 4.69) is 22.3 Å². The van der Waals surface area contributed by atoms with E-state index in [1.54, 1.807) is 7.11 Å². The van der Waals surface area contributed by atoms with Gasteiger partial charge in [0.15, 0.2) is 5.69 Å². The van der Waals surface area contributed by atoms with Crippen LogP contribution in [-0.2, 0) is 19.3 Å². The molecular formula is C20H25N3O2. The molecule has 0 unspecified atom stereocenters. The number of aromatic nitrogens is 2. The summed E-state index contributed by atoms with van der Waals surface area (Å²) in [4.78, 5) is 15.0. The Labute approximate surface area is 148 Å². The van der Waals surface area contributed by atoms with Crippen molar-refractivity contribution in [3.05, 3.63) is 46.8 Å². The zero-order chi connectivity index (χ0) is 17.2. The number of carbonyl (C=O) groups is 1. The third-order valence-electron chi connectivity index (χ3n) is 5.52. The number of hydrogen-bond acceptors (Lipinski definition) is 3. The first-order valence-electron chi connectivity index (χ1n) is 9.23. The van der Waals surface area contributed by atoms with Gasteiger partial charge >= 0.3 is 0 Å². The van der Waals surface area contributed by atoms with Crippen LogP contribution in [0.3, 0.4) is 0 Å². The second-order valence-corrected chi connectivity index (χ2v) is 7.16. The molecular weight excluding hydrogens is 314 g/mol. The Kier molecular flexibility index (Phi) is 4.47. The van der Waals surface area contributed by atoms with E-state index in [4.69, 9.17) is 4.74 Å². The number of amides is 1. The third kappa shape index (κ3) is 3.15. The fourth-order valence-corrected chi connectivity index (χ4v) is 4.24. The average Bonchev–Trinajstić information content (AvgIpc) is 3.25. The van der Waals surface area contributed by atoms with Crippen molar-refractivity contribution in [2.75, 3.05) is 20.2 Å². The molecule has 1 aliphatic carbocycles. The molecule has 1 amide bonds. The normalized spacial score (nSPS) is 19.7. The summed E-state index contributed by atoms with van der Waals surface area (Å²) in [5.74, 6) is 1.51. The summed E-state index contributed by atoms with van der Waals surface area (Å²) in [6, 6.07) is 8.18. The highest BCUT2D eigenvalue weighted by molar-refractivity contribution is 5.94. The standard InChI is InChI=1S/C20H25N3O2/c1-25-18-10-3-2-7-15(18)12-14-6-5-11-23(13-14)20(24)19-16-8-4-9-17(16)21-22-19/h2-3,7,10,14H,4-6,8-9,11-13H2,1H3,(H,21,22)/t14-/m0/s1. The molecule has 132 valence electrons. The van der Waals surface area contributed by atoms with Gasteiger partial charge in [-0.15, -0.1) is 0 Å². The second kappa shape index (κ2) is 6.90. The molecule has 5 nitrogen and oxygen atoms in total. The number of aromatic amines is 1. The number of benzene rings is 1. The predicted molar refractivity (Wildman–Crippen MR) is 95.9 cm³/mol. The summed E-state index contributed by atoms with van der Waals surface area (Å²) in [7, 11) is 1.72. The summed E-state index contributed by atoms with van der Waals surface area (Å²) in [5.41, 5.74) is 4.19. The average molecular weight is 339 g/mol. The Morgan fingerprint density at radius 1 is 1.32 bits per heavy atom. The number of likely N-dealkylation sites (tertiary alicyclic amines) is 1. The molecule has 1 aliphatic heterocycles. The molecule has 25 heavy (non-hydrogen) atoms. The molecule has 0 spiro atoms. The lowest BCUT2D eigenvalue weighted by Crippen LogP contribution is -2.41. The summed E-state index contributed by atoms with van der Waals surface area (Å²) in [6.07, 6.45) is 6.28. The number of methoxy groups -OCH3 is 1. The van der Waals surface area contributed by atoms with Gasteiger partial charge in [0.2, 0.25) is 0 Å². The van der Waals surface area contributed by atoms with Gasteiger partial charge in [0.25, 0.3) is 5.91 Å². The van der Waals surface area contributed by atoms with E-state index >= 15 is 0 Å². The molecule has 1 fully saturated rings. The molecule has 2 aliphatic rings. The number of fused-ring (bicyclic) bond motifs is 1. The molecule has 1 atom stereocenters. The molecule has 4 rings (SSSR count). The van der Waals surface area contributed by atoms with E-state index < -0.39 is 0 Å². The highest BCUT2D eigenvalue weighted by atomic mass is 16.5. The lowest BCUT2D eigenvalue weighted by Gasteiger charge is -2.32. The fourth-order valence-electron chi connectivity index (χ4n) is 4.24. The van der Waals surface area contributed by atoms with E-state index in [0.29, 0.717) is 11.6 Å². The molecule has 2 heterocycles. The zero-order valence-electron chi connectivity index (χ0n) is 14.8. The number of piperidine rings is 1. The minimum Gasteiger partial charge on any atom is -0.496 e. The highest BCUT2D eigenvalue weighted by Gasteiger charge is 2.30. The first-order valence-corrected chi connectivity index (χ1v) is 9.23. The summed E-state index contributed by atoms with van der Waals surface area (Å²) < 4.78 is 5.48. The van der Waals surface area contributed by atoms with Crippen molar-refractivity contribution in [3.8, 4) is 5.75 Å². The van der Waals surface area contributed by atoms with Crippen LogP contribution < -0.4 is 4.74 Å². The maximum Gasteiger partial charge on any atom is 0.274 e. The van der Waals surface area contributed by atoms with E-state index in [1.807, 2.05) is 17.0 Å². The molecule has 0 saturated carbocycles. The maximum atomic E-state index is 13.0. The van der Waals surface area contributed by atoms with Crippen LogP contribution in [0.25, 0.3) is 0 Å². The Morgan fingerprint density at radius 2 is 2.20 bits per heavy atom. The minimum atomic E-state index is 0.101. The van der Waals surface area contributed by atoms with Gasteiger partial charge in [-0.3, -0.25) is 9.89 Å². The van der Waals surface area contributed by atoms with Crippen molar-refractivity contribution in [1.29, 1.82) is 0 Å². The number of aryl methyl sites for hydroxylation is 1. The first-order chi connectivity index (χ1) is 12.3. The maximum absolute atomic E-state index is 13.0. The smallest absolute Gasteiger partial charge is 0.274 e. The number of nitrogens with one attached hydrogen (secondary N) is 1. The lowest BCUT2D eigenvalue weighted by molar-refractivity contribution is 0.0666. The minimum absolute atomic E-state index is 0.101. The Balaban J connectivity index is 1.46. The SMILES string of the molecule is COc1ccccc1C[C@@H]1CCCN(C(=O)c2n[nH]c3c2CCC3)C1. The quantitative estimate of drug-likeness (QED) is 0.931. The van der Waals surface area contributed by atoms with Gasteiger partial charge in [-0.1, -0.05) is 18.2 Å². The van der Waals surface area contributed by atoms with Crippen LogP contribution in [0.4, 0.5) is 0 Å². The number of carbonyl (C=O) groups excluding carboxylic acids is 1. The zero-order valence-corrected chi connectivity index (χ0v) is 14.8. The second-order valence-electron chi connectivity index (χ2n) is 7.16. The van der Waals surface area contributed by atoms with Crippen molar-refractivity contribution in [3.63, 3.8) is 0 Å². The van der Waals surface area contributed by atoms with Gasteiger partial charge in [0.05, 0.1) is 7.11 Å². The van der Waals surface area contributed by atoms with Gasteiger partial charge < -0.3 is 9.64 Å². The fraction of sp³-hybridized carbons (Fsp3) is 0.500. The van der Waals surface area contributed by atoms with Crippen molar-refractivity contribution >= 4 is 5.91 Å². The van der Waals surface area contributed by atoms with E-state index in [1.165, 1.54) is 5.56 Å². The molecule has 0 bridgehead atoms. The van der Waals surface area contributed by atoms with Crippen molar-refractivity contribution in [2.24, 2.45) is 5.92 Å². The van der Waals surface area contributed by atoms with E-state index in [0.717, 1.165) is 68.6 Å². The van der Waals surface area contributed by atoms with Crippen LogP contribution in [0, 0.1) is 5.92 Å². The van der Waals surface area contributed by atoms with Crippen LogP contribution in [0.1, 0.15) is 46.6 Å². The van der Waals surface area contributed by atoms with Gasteiger partial charge in [-0.05, 0) is 56.1 Å². The summed E-state index contributed by atoms with van der Waals surface area (Å²) in [6.45, 7) is 1.64. The summed E-state index contributed by atoms with van der Waals surface area (Å²) >= 11 is 0. The van der Waals surface area contributed by atoms with E-state index in [9.17, 15) is 4.79 Å². The van der Waals surface area contributed by atoms with Crippen LogP contribution >= 0.6 is 0 Å². The number of para-hydroxylation sites is 1. The van der Waals surface area contributed by atoms with Gasteiger partial charge in [-0.25, -0.2) is 0 Å². The van der Waals surface area contributed by atoms with Crippen LogP contribution in [0.15, 0.2) is 24.3 Å². The number of ether oxygens (including phenoxy) is 1. The largest absolute Gasteiger partial charge is 0.496 e. The van der Waals surface area contributed by atoms with Crippen LogP contribution in [0.5, 0.6) is 5.75 Å². The molecule has 1 N–H and O–H groups in total. The molecule has 2 aromatic rings. The Morgan fingerprint density at radius 3 is 3.08 bits per heavy atom. The van der Waals surface area contributed by atoms with Gasteiger partial charge in [0, 0.05) is 24.3 Å². The molecule has 1 aromatic carbocycles. The van der Waals surface area contributed by atoms with Crippen molar-refractivity contribution in [2.45, 2.75) is 38.5 Å². The first kappa shape index (κ1) is 16.2. The topological polar surface area (TPSA) is 58.2 Å². The molecule has 5 heteroatoms. The molecule has 1 saturated heterocycles. The number of hydrogen-bond donors (Lipinski definition) is 1. The van der Waals surface area contributed by atoms with E-state index in [-0.39, 0.29) is 5.91 Å². The Hall–Kier alpha value is -2.30. The molecule has 0 radical (unpaired) electrons. The lowest BCUT2D eigenvalue weighted by atomic mass is 9.90. The summed E-state index contributed by atoms with van der Waals surface area (Å²) in [5, 5.41) is 7.37. The third-order valence-corrected chi connectivity index (χ3v) is 5.52. The number of nitrogens with zero attached hydrogens (tertiary/aromatic N) is 2. The monoisotopic (exact) mass is 339 g/mol. The van der Waals surface area contributed by atoms with Crippen molar-refractivity contribution < 1.29 is 9.53 Å². The van der Waals surface area contributed by atoms with Crippen molar-refractivity contribution in [1.82, 2.24) is 15.1 Å². The van der Waals surface area contributed by atoms with Crippen LogP contribution in [-0.4, -0.2) is 41.2 Å². The van der Waals surface area contributed by atoms with Gasteiger partial charge in [-0.2, -0.15) is 5.10 Å². The predicted octanol–water partition coefficient (Wildman–Crippen LogP) is 3.00. The number of H-pyrrole nitrogens is 1.